The highest BCUT2D eigenvalue weighted by atomic mass is 16.5. The molecular formula is C63H51NO. The van der Waals surface area contributed by atoms with Gasteiger partial charge in [-0.05, 0) is 127 Å². The highest BCUT2D eigenvalue weighted by Gasteiger charge is 2.38. The second-order valence-corrected chi connectivity index (χ2v) is 19.7. The fraction of sp³-hybridized carbons (Fsp3) is 0.143. The summed E-state index contributed by atoms with van der Waals surface area (Å²) in [6, 6.07) is 73.9. The molecule has 1 aliphatic heterocycles. The smallest absolute Gasteiger partial charge is 0.139 e. The summed E-state index contributed by atoms with van der Waals surface area (Å²) in [5.41, 5.74) is 23.4. The predicted octanol–water partition coefficient (Wildman–Crippen LogP) is 17.2. The number of fused-ring (bicyclic) bond motifs is 8. The van der Waals surface area contributed by atoms with Crippen molar-refractivity contribution in [2.45, 2.75) is 57.8 Å². The summed E-state index contributed by atoms with van der Waals surface area (Å²) in [6.45, 7) is 14.0. The number of anilines is 3. The van der Waals surface area contributed by atoms with Gasteiger partial charge in [0, 0.05) is 50.0 Å². The Labute approximate surface area is 383 Å². The van der Waals surface area contributed by atoms with Crippen LogP contribution in [-0.2, 0) is 16.2 Å². The second kappa shape index (κ2) is 14.3. The monoisotopic (exact) mass is 837 g/mol. The van der Waals surface area contributed by atoms with Gasteiger partial charge in [-0.3, -0.25) is 0 Å². The van der Waals surface area contributed by atoms with E-state index in [0.717, 1.165) is 39.7 Å². The molecule has 0 radical (unpaired) electrons. The standard InChI is InChI=1S/C63H51NO/c1-61(2)53-17-9-7-14-49(53)51-36-28-43(38-57(51)61)40-22-30-45(31-23-40)64(46-32-24-41(25-33-46)44-29-37-52-50-15-8-10-18-54(50)62(3,4)58(52)39-44)47-34-26-42(27-35-47)48-16-13-20-56-60(48)65-59-21-12-11-19-55(59)63(56,5)6/h7-39H,1-6H3. The van der Waals surface area contributed by atoms with Crippen LogP contribution in [0.15, 0.2) is 200 Å². The van der Waals surface area contributed by atoms with Crippen molar-refractivity contribution in [3.63, 3.8) is 0 Å². The average Bonchev–Trinajstić information content (AvgIpc) is 3.71. The molecule has 0 unspecified atom stereocenters. The minimum Gasteiger partial charge on any atom is -0.456 e. The molecule has 0 spiro atoms. The number of benzene rings is 9. The number of hydrogen-bond donors (Lipinski definition) is 0. The molecule has 65 heavy (non-hydrogen) atoms. The first-order chi connectivity index (χ1) is 31.5. The lowest BCUT2D eigenvalue weighted by atomic mass is 9.75. The molecule has 0 atom stereocenters. The first-order valence-corrected chi connectivity index (χ1v) is 23.0. The van der Waals surface area contributed by atoms with Gasteiger partial charge >= 0.3 is 0 Å². The van der Waals surface area contributed by atoms with Gasteiger partial charge < -0.3 is 9.64 Å². The van der Waals surface area contributed by atoms with Crippen LogP contribution >= 0.6 is 0 Å². The third kappa shape index (κ3) is 6.00. The number of nitrogens with zero attached hydrogens (tertiary/aromatic N) is 1. The summed E-state index contributed by atoms with van der Waals surface area (Å²) >= 11 is 0. The van der Waals surface area contributed by atoms with E-state index in [4.69, 9.17) is 4.74 Å². The molecule has 12 rings (SSSR count). The van der Waals surface area contributed by atoms with Crippen LogP contribution in [0.4, 0.5) is 17.1 Å². The van der Waals surface area contributed by atoms with Crippen molar-refractivity contribution in [2.75, 3.05) is 4.90 Å². The molecule has 3 aliphatic rings. The Morgan fingerprint density at radius 1 is 0.292 bits per heavy atom. The quantitative estimate of drug-likeness (QED) is 0.165. The van der Waals surface area contributed by atoms with E-state index < -0.39 is 0 Å². The maximum atomic E-state index is 6.70. The van der Waals surface area contributed by atoms with Crippen LogP contribution in [0.3, 0.4) is 0 Å². The van der Waals surface area contributed by atoms with E-state index in [1.165, 1.54) is 77.9 Å². The van der Waals surface area contributed by atoms with Crippen molar-refractivity contribution >= 4 is 17.1 Å². The normalized spacial score (nSPS) is 15.1. The summed E-state index contributed by atoms with van der Waals surface area (Å²) in [4.78, 5) is 2.37. The van der Waals surface area contributed by atoms with Gasteiger partial charge in [0.15, 0.2) is 0 Å². The molecule has 2 nitrogen and oxygen atoms in total. The Hall–Kier alpha value is -7.42. The zero-order valence-corrected chi connectivity index (χ0v) is 37.9. The highest BCUT2D eigenvalue weighted by molar-refractivity contribution is 5.87. The molecule has 0 amide bonds. The van der Waals surface area contributed by atoms with E-state index in [9.17, 15) is 0 Å². The van der Waals surface area contributed by atoms with Crippen molar-refractivity contribution < 1.29 is 4.74 Å². The van der Waals surface area contributed by atoms with Crippen LogP contribution in [0.2, 0.25) is 0 Å². The first kappa shape index (κ1) is 39.2. The Morgan fingerprint density at radius 2 is 0.662 bits per heavy atom. The van der Waals surface area contributed by atoms with E-state index in [1.54, 1.807) is 0 Å². The Balaban J connectivity index is 0.914. The van der Waals surface area contributed by atoms with Crippen molar-refractivity contribution in [1.29, 1.82) is 0 Å². The van der Waals surface area contributed by atoms with E-state index in [0.29, 0.717) is 0 Å². The SMILES string of the molecule is CC1(C)c2ccccc2-c2ccc(-c3ccc(N(c4ccc(-c5ccc6c(c5)C(C)(C)c5ccccc5-6)cc4)c4ccc(-c5cccc6c5Oc5ccccc5C6(C)C)cc4)cc3)cc21. The van der Waals surface area contributed by atoms with E-state index in [2.05, 4.69) is 247 Å². The molecule has 9 aromatic rings. The molecule has 2 aliphatic carbocycles. The zero-order valence-electron chi connectivity index (χ0n) is 37.9. The summed E-state index contributed by atoms with van der Waals surface area (Å²) in [5.74, 6) is 1.86. The lowest BCUT2D eigenvalue weighted by Gasteiger charge is -2.35. The van der Waals surface area contributed by atoms with Crippen molar-refractivity contribution in [3.8, 4) is 67.1 Å². The third-order valence-electron chi connectivity index (χ3n) is 15.0. The van der Waals surface area contributed by atoms with E-state index in [1.807, 2.05) is 0 Å². The topological polar surface area (TPSA) is 12.5 Å². The number of hydrogen-bond acceptors (Lipinski definition) is 2. The summed E-state index contributed by atoms with van der Waals surface area (Å²) in [7, 11) is 0. The Morgan fingerprint density at radius 3 is 1.17 bits per heavy atom. The predicted molar refractivity (Wildman–Crippen MR) is 271 cm³/mol. The summed E-state index contributed by atoms with van der Waals surface area (Å²) in [5, 5.41) is 0. The first-order valence-electron chi connectivity index (χ1n) is 23.0. The fourth-order valence-electron chi connectivity index (χ4n) is 11.3. The van der Waals surface area contributed by atoms with Gasteiger partial charge in [-0.1, -0.05) is 187 Å². The molecule has 0 saturated carbocycles. The lowest BCUT2D eigenvalue weighted by molar-refractivity contribution is 0.419. The van der Waals surface area contributed by atoms with Gasteiger partial charge in [0.05, 0.1) is 0 Å². The third-order valence-corrected chi connectivity index (χ3v) is 15.0. The average molecular weight is 838 g/mol. The number of rotatable bonds is 6. The van der Waals surface area contributed by atoms with Crippen LogP contribution in [0, 0.1) is 0 Å². The van der Waals surface area contributed by atoms with Crippen LogP contribution < -0.4 is 9.64 Å². The number of ether oxygens (including phenoxy) is 1. The largest absolute Gasteiger partial charge is 0.456 e. The Bertz CT molecular complexity index is 3200. The van der Waals surface area contributed by atoms with Crippen LogP contribution in [-0.4, -0.2) is 0 Å². The summed E-state index contributed by atoms with van der Waals surface area (Å²) in [6.07, 6.45) is 0. The Kier molecular flexibility index (Phi) is 8.62. The minimum atomic E-state index is -0.183. The fourth-order valence-corrected chi connectivity index (χ4v) is 11.3. The molecule has 314 valence electrons. The van der Waals surface area contributed by atoms with Gasteiger partial charge in [0.1, 0.15) is 11.5 Å². The van der Waals surface area contributed by atoms with E-state index in [-0.39, 0.29) is 16.2 Å². The lowest BCUT2D eigenvalue weighted by Crippen LogP contribution is -2.24. The molecular weight excluding hydrogens is 787 g/mol. The zero-order chi connectivity index (χ0) is 44.2. The molecule has 0 N–H and O–H groups in total. The van der Waals surface area contributed by atoms with Crippen LogP contribution in [0.1, 0.15) is 74.9 Å². The summed E-state index contributed by atoms with van der Waals surface area (Å²) < 4.78 is 6.70. The molecule has 0 aromatic heterocycles. The van der Waals surface area contributed by atoms with Crippen molar-refractivity contribution in [1.82, 2.24) is 0 Å². The minimum absolute atomic E-state index is 0.0517. The molecule has 9 aromatic carbocycles. The second-order valence-electron chi connectivity index (χ2n) is 19.7. The molecule has 2 heteroatoms. The van der Waals surface area contributed by atoms with Crippen molar-refractivity contribution in [3.05, 3.63) is 234 Å². The molecule has 0 saturated heterocycles. The van der Waals surface area contributed by atoms with Gasteiger partial charge in [-0.2, -0.15) is 0 Å². The van der Waals surface area contributed by atoms with Gasteiger partial charge in [-0.15, -0.1) is 0 Å². The van der Waals surface area contributed by atoms with Gasteiger partial charge in [0.25, 0.3) is 0 Å². The van der Waals surface area contributed by atoms with Gasteiger partial charge in [0.2, 0.25) is 0 Å². The van der Waals surface area contributed by atoms with E-state index >= 15 is 0 Å². The molecule has 0 bridgehead atoms. The highest BCUT2D eigenvalue weighted by Crippen LogP contribution is 2.53. The van der Waals surface area contributed by atoms with Crippen molar-refractivity contribution in [2.24, 2.45) is 0 Å². The number of para-hydroxylation sites is 2. The van der Waals surface area contributed by atoms with Crippen LogP contribution in [0.25, 0.3) is 55.6 Å². The maximum Gasteiger partial charge on any atom is 0.139 e. The molecule has 0 fully saturated rings. The van der Waals surface area contributed by atoms with Gasteiger partial charge in [-0.25, -0.2) is 0 Å². The molecule has 1 heterocycles. The van der Waals surface area contributed by atoms with Crippen LogP contribution in [0.5, 0.6) is 11.5 Å². The maximum absolute atomic E-state index is 6.70.